The zero-order valence-corrected chi connectivity index (χ0v) is 13.9. The molecule has 1 aromatic carbocycles. The molecule has 5 nitrogen and oxygen atoms in total. The van der Waals surface area contributed by atoms with Crippen LogP contribution in [0.4, 0.5) is 0 Å². The maximum Gasteiger partial charge on any atom is 0.271 e. The smallest absolute Gasteiger partial charge is 0.271 e. The second kappa shape index (κ2) is 7.68. The van der Waals surface area contributed by atoms with Crippen LogP contribution in [0.1, 0.15) is 39.5 Å². The van der Waals surface area contributed by atoms with Crippen molar-refractivity contribution >= 4 is 17.2 Å². The normalized spacial score (nSPS) is 15.0. The van der Waals surface area contributed by atoms with Crippen LogP contribution in [0.5, 0.6) is 0 Å². The highest BCUT2D eigenvalue weighted by Crippen LogP contribution is 2.14. The lowest BCUT2D eigenvalue weighted by atomic mass is 10.1. The average Bonchev–Trinajstić information content (AvgIpc) is 3.24. The van der Waals surface area contributed by atoms with Gasteiger partial charge in [0.15, 0.2) is 0 Å². The summed E-state index contributed by atoms with van der Waals surface area (Å²) >= 11 is 1.42. The molecule has 2 heterocycles. The zero-order valence-electron chi connectivity index (χ0n) is 13.1. The van der Waals surface area contributed by atoms with Crippen LogP contribution in [-0.4, -0.2) is 28.9 Å². The number of benzene rings is 1. The first kappa shape index (κ1) is 16.1. The molecule has 0 radical (unpaired) electrons. The van der Waals surface area contributed by atoms with Gasteiger partial charge in [0, 0.05) is 25.0 Å². The van der Waals surface area contributed by atoms with Gasteiger partial charge in [-0.05, 0) is 37.1 Å². The van der Waals surface area contributed by atoms with E-state index < -0.39 is 0 Å². The third-order valence-electron chi connectivity index (χ3n) is 4.01. The number of nitrogens with zero attached hydrogens (tertiary/aromatic N) is 2. The Labute approximate surface area is 140 Å². The van der Waals surface area contributed by atoms with E-state index in [0.29, 0.717) is 18.8 Å². The SMILES string of the molecule is NCc1nc(C(=O)NCc2cccc(CN3CCCC3)c2)cs1. The minimum absolute atomic E-state index is 0.147. The molecule has 1 aliphatic heterocycles. The number of hydrogen-bond acceptors (Lipinski definition) is 5. The van der Waals surface area contributed by atoms with Crippen LogP contribution in [0, 0.1) is 0 Å². The number of nitrogens with one attached hydrogen (secondary N) is 1. The molecule has 0 unspecified atom stereocenters. The van der Waals surface area contributed by atoms with Crippen LogP contribution in [0.3, 0.4) is 0 Å². The van der Waals surface area contributed by atoms with Gasteiger partial charge in [0.2, 0.25) is 0 Å². The molecule has 6 heteroatoms. The summed E-state index contributed by atoms with van der Waals surface area (Å²) in [5, 5.41) is 5.46. The van der Waals surface area contributed by atoms with Crippen LogP contribution in [0.2, 0.25) is 0 Å². The summed E-state index contributed by atoms with van der Waals surface area (Å²) in [5.74, 6) is -0.147. The Bertz CT molecular complexity index is 664. The van der Waals surface area contributed by atoms with Crippen molar-refractivity contribution < 1.29 is 4.79 Å². The van der Waals surface area contributed by atoms with E-state index >= 15 is 0 Å². The van der Waals surface area contributed by atoms with E-state index in [9.17, 15) is 4.79 Å². The van der Waals surface area contributed by atoms with Crippen molar-refractivity contribution in [2.45, 2.75) is 32.5 Å². The average molecular weight is 330 g/mol. The van der Waals surface area contributed by atoms with E-state index in [4.69, 9.17) is 5.73 Å². The molecule has 0 saturated carbocycles. The Hall–Kier alpha value is -1.76. The van der Waals surface area contributed by atoms with Gasteiger partial charge in [0.25, 0.3) is 5.91 Å². The van der Waals surface area contributed by atoms with Gasteiger partial charge >= 0.3 is 0 Å². The highest BCUT2D eigenvalue weighted by Gasteiger charge is 2.12. The second-order valence-electron chi connectivity index (χ2n) is 5.82. The van der Waals surface area contributed by atoms with Crippen LogP contribution < -0.4 is 11.1 Å². The van der Waals surface area contributed by atoms with Crippen molar-refractivity contribution in [3.8, 4) is 0 Å². The summed E-state index contributed by atoms with van der Waals surface area (Å²) in [7, 11) is 0. The van der Waals surface area contributed by atoms with Crippen molar-refractivity contribution in [2.75, 3.05) is 13.1 Å². The highest BCUT2D eigenvalue weighted by atomic mass is 32.1. The predicted molar refractivity (Wildman–Crippen MR) is 92.1 cm³/mol. The first-order valence-corrected chi connectivity index (χ1v) is 8.85. The van der Waals surface area contributed by atoms with Gasteiger partial charge in [-0.3, -0.25) is 9.69 Å². The number of carbonyl (C=O) groups is 1. The summed E-state index contributed by atoms with van der Waals surface area (Å²) in [6.07, 6.45) is 2.60. The number of nitrogens with two attached hydrogens (primary N) is 1. The summed E-state index contributed by atoms with van der Waals surface area (Å²) in [6, 6.07) is 8.42. The molecule has 1 amide bonds. The predicted octanol–water partition coefficient (Wildman–Crippen LogP) is 2.13. The lowest BCUT2D eigenvalue weighted by Gasteiger charge is -2.15. The lowest BCUT2D eigenvalue weighted by molar-refractivity contribution is 0.0946. The van der Waals surface area contributed by atoms with Crippen molar-refractivity contribution in [1.29, 1.82) is 0 Å². The van der Waals surface area contributed by atoms with E-state index in [1.807, 2.05) is 6.07 Å². The fraction of sp³-hybridized carbons (Fsp3) is 0.412. The molecule has 23 heavy (non-hydrogen) atoms. The molecule has 1 aliphatic rings. The Morgan fingerprint density at radius 1 is 1.30 bits per heavy atom. The molecular formula is C17H22N4OS. The number of amides is 1. The minimum atomic E-state index is -0.147. The molecule has 1 aromatic heterocycles. The fourth-order valence-corrected chi connectivity index (χ4v) is 3.47. The Kier molecular flexibility index (Phi) is 5.38. The number of hydrogen-bond donors (Lipinski definition) is 2. The summed E-state index contributed by atoms with van der Waals surface area (Å²) < 4.78 is 0. The quantitative estimate of drug-likeness (QED) is 0.851. The summed E-state index contributed by atoms with van der Waals surface area (Å²) in [6.45, 7) is 4.26. The minimum Gasteiger partial charge on any atom is -0.347 e. The number of aromatic nitrogens is 1. The van der Waals surface area contributed by atoms with Gasteiger partial charge in [-0.2, -0.15) is 0 Å². The summed E-state index contributed by atoms with van der Waals surface area (Å²) in [5.41, 5.74) is 8.39. The zero-order chi connectivity index (χ0) is 16.1. The molecule has 0 bridgehead atoms. The van der Waals surface area contributed by atoms with E-state index in [1.54, 1.807) is 5.38 Å². The Balaban J connectivity index is 1.56. The molecule has 0 atom stereocenters. The van der Waals surface area contributed by atoms with E-state index in [1.165, 1.54) is 42.8 Å². The van der Waals surface area contributed by atoms with Crippen LogP contribution in [-0.2, 0) is 19.6 Å². The van der Waals surface area contributed by atoms with Crippen molar-refractivity contribution in [3.63, 3.8) is 0 Å². The van der Waals surface area contributed by atoms with Gasteiger partial charge in [-0.25, -0.2) is 4.98 Å². The second-order valence-corrected chi connectivity index (χ2v) is 6.76. The van der Waals surface area contributed by atoms with Crippen molar-refractivity contribution in [3.05, 3.63) is 51.5 Å². The molecular weight excluding hydrogens is 308 g/mol. The number of carbonyl (C=O) groups excluding carboxylic acids is 1. The lowest BCUT2D eigenvalue weighted by Crippen LogP contribution is -2.23. The fourth-order valence-electron chi connectivity index (χ4n) is 2.82. The molecule has 0 spiro atoms. The van der Waals surface area contributed by atoms with Crippen LogP contribution >= 0.6 is 11.3 Å². The van der Waals surface area contributed by atoms with Gasteiger partial charge < -0.3 is 11.1 Å². The maximum atomic E-state index is 12.1. The molecule has 122 valence electrons. The van der Waals surface area contributed by atoms with Gasteiger partial charge in [-0.15, -0.1) is 11.3 Å². The standard InChI is InChI=1S/C17H22N4OS/c18-9-16-20-15(12-23-16)17(22)19-10-13-4-3-5-14(8-13)11-21-6-1-2-7-21/h3-5,8,12H,1-2,6-7,9-11,18H2,(H,19,22). The molecule has 3 rings (SSSR count). The van der Waals surface area contributed by atoms with Gasteiger partial charge in [0.1, 0.15) is 10.7 Å². The third kappa shape index (κ3) is 4.37. The van der Waals surface area contributed by atoms with Crippen molar-refractivity contribution in [1.82, 2.24) is 15.2 Å². The van der Waals surface area contributed by atoms with Gasteiger partial charge in [0.05, 0.1) is 0 Å². The van der Waals surface area contributed by atoms with E-state index in [-0.39, 0.29) is 5.91 Å². The third-order valence-corrected chi connectivity index (χ3v) is 4.88. The first-order chi connectivity index (χ1) is 11.2. The molecule has 2 aromatic rings. The Morgan fingerprint density at radius 3 is 2.83 bits per heavy atom. The number of likely N-dealkylation sites (tertiary alicyclic amines) is 1. The number of rotatable bonds is 6. The molecule has 1 fully saturated rings. The summed E-state index contributed by atoms with van der Waals surface area (Å²) in [4.78, 5) is 18.8. The van der Waals surface area contributed by atoms with Crippen LogP contribution in [0.15, 0.2) is 29.6 Å². The maximum absolute atomic E-state index is 12.1. The van der Waals surface area contributed by atoms with Crippen LogP contribution in [0.25, 0.3) is 0 Å². The van der Waals surface area contributed by atoms with E-state index in [2.05, 4.69) is 33.4 Å². The van der Waals surface area contributed by atoms with Gasteiger partial charge in [-0.1, -0.05) is 24.3 Å². The van der Waals surface area contributed by atoms with Crippen molar-refractivity contribution in [2.24, 2.45) is 5.73 Å². The Morgan fingerprint density at radius 2 is 2.09 bits per heavy atom. The number of thiazole rings is 1. The molecule has 0 aliphatic carbocycles. The largest absolute Gasteiger partial charge is 0.347 e. The molecule has 3 N–H and O–H groups in total. The molecule has 1 saturated heterocycles. The van der Waals surface area contributed by atoms with E-state index in [0.717, 1.165) is 17.1 Å². The first-order valence-electron chi connectivity index (χ1n) is 7.97. The monoisotopic (exact) mass is 330 g/mol. The topological polar surface area (TPSA) is 71.2 Å². The highest BCUT2D eigenvalue weighted by molar-refractivity contribution is 7.09.